The molecule has 0 saturated carbocycles. The molecule has 2 heterocycles. The molecule has 0 bridgehead atoms. The molecule has 0 radical (unpaired) electrons. The number of carboxylic acid groups (broad SMARTS) is 1. The maximum atomic E-state index is 12.4. The molecule has 2 atom stereocenters. The Hall–Kier alpha value is -1.34. The molecule has 2 fully saturated rings. The fraction of sp³-hybridized carbons (Fsp3) is 0.846. The monoisotopic (exact) mass is 285 g/mol. The number of nitrogens with zero attached hydrogens (tertiary/aromatic N) is 3. The highest BCUT2D eigenvalue weighted by Crippen LogP contribution is 2.22. The molecule has 114 valence electrons. The summed E-state index contributed by atoms with van der Waals surface area (Å²) in [4.78, 5) is 28.7. The Kier molecular flexibility index (Phi) is 4.49. The molecular formula is C13H23N3O4. The minimum absolute atomic E-state index is 0.114. The van der Waals surface area contributed by atoms with Crippen molar-refractivity contribution in [3.63, 3.8) is 0 Å². The van der Waals surface area contributed by atoms with Crippen molar-refractivity contribution in [1.82, 2.24) is 14.7 Å². The van der Waals surface area contributed by atoms with Crippen LogP contribution in [0, 0.1) is 0 Å². The molecule has 0 aliphatic carbocycles. The van der Waals surface area contributed by atoms with Crippen LogP contribution in [0.15, 0.2) is 0 Å². The fourth-order valence-corrected chi connectivity index (χ4v) is 3.01. The molecule has 2 rings (SSSR count). The number of likely N-dealkylation sites (tertiary alicyclic amines) is 2. The second-order valence-electron chi connectivity index (χ2n) is 5.86. The first-order valence-corrected chi connectivity index (χ1v) is 7.03. The van der Waals surface area contributed by atoms with E-state index in [-0.39, 0.29) is 19.0 Å². The molecule has 7 nitrogen and oxygen atoms in total. The molecule has 0 spiro atoms. The van der Waals surface area contributed by atoms with Gasteiger partial charge < -0.3 is 24.9 Å². The van der Waals surface area contributed by atoms with Gasteiger partial charge in [-0.1, -0.05) is 0 Å². The summed E-state index contributed by atoms with van der Waals surface area (Å²) in [6, 6.07) is -0.686. The highest BCUT2D eigenvalue weighted by Gasteiger charge is 2.41. The van der Waals surface area contributed by atoms with Crippen LogP contribution in [0.2, 0.25) is 0 Å². The molecule has 0 aromatic carbocycles. The van der Waals surface area contributed by atoms with Gasteiger partial charge in [-0.05, 0) is 26.9 Å². The van der Waals surface area contributed by atoms with Gasteiger partial charge in [-0.3, -0.25) is 0 Å². The van der Waals surface area contributed by atoms with E-state index in [4.69, 9.17) is 5.11 Å². The Morgan fingerprint density at radius 1 is 1.20 bits per heavy atom. The third-order valence-corrected chi connectivity index (χ3v) is 4.28. The molecule has 1 unspecified atom stereocenters. The number of hydrogen-bond acceptors (Lipinski definition) is 4. The number of piperidine rings is 1. The van der Waals surface area contributed by atoms with Crippen molar-refractivity contribution in [3.05, 3.63) is 0 Å². The van der Waals surface area contributed by atoms with Crippen molar-refractivity contribution in [1.29, 1.82) is 0 Å². The first kappa shape index (κ1) is 15.1. The van der Waals surface area contributed by atoms with Gasteiger partial charge in [0.2, 0.25) is 0 Å². The van der Waals surface area contributed by atoms with Crippen LogP contribution in [-0.4, -0.2) is 88.8 Å². The number of carbonyl (C=O) groups excluding carboxylic acids is 1. The highest BCUT2D eigenvalue weighted by atomic mass is 16.4. The predicted octanol–water partition coefficient (Wildman–Crippen LogP) is -0.348. The van der Waals surface area contributed by atoms with E-state index in [1.54, 1.807) is 4.90 Å². The van der Waals surface area contributed by atoms with Crippen molar-refractivity contribution >= 4 is 12.0 Å². The van der Waals surface area contributed by atoms with Crippen LogP contribution < -0.4 is 0 Å². The maximum Gasteiger partial charge on any atom is 0.326 e. The number of rotatable bonds is 2. The lowest BCUT2D eigenvalue weighted by molar-refractivity contribution is -0.141. The van der Waals surface area contributed by atoms with Crippen LogP contribution in [0.4, 0.5) is 4.79 Å². The number of urea groups is 1. The van der Waals surface area contributed by atoms with Gasteiger partial charge in [0.25, 0.3) is 0 Å². The van der Waals surface area contributed by atoms with E-state index in [0.717, 1.165) is 12.8 Å². The van der Waals surface area contributed by atoms with Crippen molar-refractivity contribution in [2.75, 3.05) is 33.7 Å². The van der Waals surface area contributed by atoms with E-state index in [1.807, 2.05) is 14.1 Å². The van der Waals surface area contributed by atoms with E-state index >= 15 is 0 Å². The average Bonchev–Trinajstić information content (AvgIpc) is 2.80. The van der Waals surface area contributed by atoms with Crippen LogP contribution in [0.1, 0.15) is 19.3 Å². The Bertz CT molecular complexity index is 380. The Morgan fingerprint density at radius 2 is 1.80 bits per heavy atom. The third kappa shape index (κ3) is 3.04. The SMILES string of the molecule is CN(C)C1CCN(C(=O)N2CC(O)C[C@H]2C(=O)O)CC1. The number of β-amino-alcohol motifs (C(OH)–C–C–N with tert-alkyl or cyclic N) is 1. The van der Waals surface area contributed by atoms with E-state index < -0.39 is 18.1 Å². The van der Waals surface area contributed by atoms with Gasteiger partial charge in [-0.25, -0.2) is 9.59 Å². The molecule has 2 aliphatic heterocycles. The molecular weight excluding hydrogens is 262 g/mol. The minimum atomic E-state index is -1.04. The molecule has 2 N–H and O–H groups in total. The van der Waals surface area contributed by atoms with Gasteiger partial charge in [0.15, 0.2) is 0 Å². The lowest BCUT2D eigenvalue weighted by Crippen LogP contribution is -2.52. The molecule has 20 heavy (non-hydrogen) atoms. The van der Waals surface area contributed by atoms with Gasteiger partial charge in [0, 0.05) is 32.1 Å². The normalized spacial score (nSPS) is 28.2. The quantitative estimate of drug-likeness (QED) is 0.724. The zero-order valence-corrected chi connectivity index (χ0v) is 12.0. The average molecular weight is 285 g/mol. The number of amides is 2. The number of hydrogen-bond donors (Lipinski definition) is 2. The van der Waals surface area contributed by atoms with Crippen LogP contribution in [0.25, 0.3) is 0 Å². The van der Waals surface area contributed by atoms with Gasteiger partial charge in [0.1, 0.15) is 6.04 Å². The number of aliphatic hydroxyl groups is 1. The summed E-state index contributed by atoms with van der Waals surface area (Å²) in [5.74, 6) is -1.04. The molecule has 0 aromatic heterocycles. The van der Waals surface area contributed by atoms with Crippen molar-refractivity contribution < 1.29 is 19.8 Å². The lowest BCUT2D eigenvalue weighted by atomic mass is 10.0. The second kappa shape index (κ2) is 5.97. The summed E-state index contributed by atoms with van der Waals surface area (Å²) in [5, 5.41) is 18.7. The van der Waals surface area contributed by atoms with Crippen LogP contribution in [-0.2, 0) is 4.79 Å². The second-order valence-corrected chi connectivity index (χ2v) is 5.86. The summed E-state index contributed by atoms with van der Waals surface area (Å²) < 4.78 is 0. The predicted molar refractivity (Wildman–Crippen MR) is 72.4 cm³/mol. The number of carboxylic acids is 1. The van der Waals surface area contributed by atoms with Crippen LogP contribution in [0.3, 0.4) is 0 Å². The van der Waals surface area contributed by atoms with Gasteiger partial charge in [-0.15, -0.1) is 0 Å². The zero-order chi connectivity index (χ0) is 14.9. The summed E-state index contributed by atoms with van der Waals surface area (Å²) in [6.45, 7) is 1.39. The highest BCUT2D eigenvalue weighted by molar-refractivity contribution is 5.83. The smallest absolute Gasteiger partial charge is 0.326 e. The zero-order valence-electron chi connectivity index (χ0n) is 12.0. The van der Waals surface area contributed by atoms with Crippen LogP contribution >= 0.6 is 0 Å². The number of aliphatic carboxylic acids is 1. The molecule has 2 saturated heterocycles. The largest absolute Gasteiger partial charge is 0.480 e. The third-order valence-electron chi connectivity index (χ3n) is 4.28. The Morgan fingerprint density at radius 3 is 2.30 bits per heavy atom. The topological polar surface area (TPSA) is 84.3 Å². The van der Waals surface area contributed by atoms with Crippen LogP contribution in [0.5, 0.6) is 0 Å². The molecule has 2 aliphatic rings. The summed E-state index contributed by atoms with van der Waals surface area (Å²) in [5.41, 5.74) is 0. The first-order valence-electron chi connectivity index (χ1n) is 7.03. The summed E-state index contributed by atoms with van der Waals surface area (Å²) in [7, 11) is 4.05. The molecule has 2 amide bonds. The summed E-state index contributed by atoms with van der Waals surface area (Å²) >= 11 is 0. The van der Waals surface area contributed by atoms with Crippen molar-refractivity contribution in [2.45, 2.75) is 37.5 Å². The van der Waals surface area contributed by atoms with E-state index in [0.29, 0.717) is 19.1 Å². The Labute approximate surface area is 118 Å². The van der Waals surface area contributed by atoms with Crippen molar-refractivity contribution in [3.8, 4) is 0 Å². The number of aliphatic hydroxyl groups excluding tert-OH is 1. The van der Waals surface area contributed by atoms with E-state index in [1.165, 1.54) is 4.90 Å². The maximum absolute atomic E-state index is 12.4. The van der Waals surface area contributed by atoms with E-state index in [2.05, 4.69) is 4.90 Å². The van der Waals surface area contributed by atoms with Gasteiger partial charge in [0.05, 0.1) is 6.10 Å². The standard InChI is InChI=1S/C13H23N3O4/c1-14(2)9-3-5-15(6-4-9)13(20)16-8-10(17)7-11(16)12(18)19/h9-11,17H,3-8H2,1-2H3,(H,18,19)/t10?,11-/m0/s1. The first-order chi connectivity index (χ1) is 9.40. The van der Waals surface area contributed by atoms with E-state index in [9.17, 15) is 14.7 Å². The molecule has 0 aromatic rings. The number of carbonyl (C=O) groups is 2. The summed E-state index contributed by atoms with van der Waals surface area (Å²) in [6.07, 6.45) is 1.17. The van der Waals surface area contributed by atoms with Gasteiger partial charge >= 0.3 is 12.0 Å². The fourth-order valence-electron chi connectivity index (χ4n) is 3.01. The van der Waals surface area contributed by atoms with Crippen molar-refractivity contribution in [2.24, 2.45) is 0 Å². The molecule has 7 heteroatoms. The minimum Gasteiger partial charge on any atom is -0.480 e. The Balaban J connectivity index is 1.96. The van der Waals surface area contributed by atoms with Gasteiger partial charge in [-0.2, -0.15) is 0 Å². The lowest BCUT2D eigenvalue weighted by Gasteiger charge is -2.37.